The second-order valence-corrected chi connectivity index (χ2v) is 15.7. The van der Waals surface area contributed by atoms with E-state index in [1.54, 1.807) is 0 Å². The molecule has 2 nitrogen and oxygen atoms in total. The first kappa shape index (κ1) is 45.9. The molecule has 2 aromatic rings. The van der Waals surface area contributed by atoms with E-state index in [1.165, 1.54) is 188 Å². The van der Waals surface area contributed by atoms with E-state index in [1.807, 2.05) is 0 Å². The summed E-state index contributed by atoms with van der Waals surface area (Å²) < 4.78 is 0. The third-order valence-corrected chi connectivity index (χ3v) is 11.3. The molecule has 2 heteroatoms. The summed E-state index contributed by atoms with van der Waals surface area (Å²) in [6.45, 7) is 13.7. The van der Waals surface area contributed by atoms with Crippen molar-refractivity contribution >= 4 is 22.8 Å². The van der Waals surface area contributed by atoms with Crippen molar-refractivity contribution in [3.63, 3.8) is 0 Å². The van der Waals surface area contributed by atoms with Gasteiger partial charge in [0.1, 0.15) is 0 Å². The molecule has 0 amide bonds. The van der Waals surface area contributed by atoms with E-state index in [9.17, 15) is 0 Å². The van der Waals surface area contributed by atoms with Crippen molar-refractivity contribution in [2.45, 2.75) is 234 Å². The van der Waals surface area contributed by atoms with Crippen LogP contribution in [0.3, 0.4) is 0 Å². The Balaban J connectivity index is 1.84. The Bertz CT molecular complexity index is 1220. The second-order valence-electron chi connectivity index (χ2n) is 15.7. The molecule has 2 rings (SSSR count). The summed E-state index contributed by atoms with van der Waals surface area (Å²) in [7, 11) is 0. The fraction of sp³-hybridized carbons (Fsp3) is 0.720. The quantitative estimate of drug-likeness (QED) is 0.0520. The maximum absolute atomic E-state index is 5.40. The molecule has 52 heavy (non-hydrogen) atoms. The van der Waals surface area contributed by atoms with E-state index >= 15 is 0 Å². The molecule has 0 aliphatic heterocycles. The molecule has 0 unspecified atom stereocenters. The topological polar surface area (TPSA) is 24.7 Å². The zero-order chi connectivity index (χ0) is 37.5. The third-order valence-electron chi connectivity index (χ3n) is 11.3. The zero-order valence-corrected chi connectivity index (χ0v) is 35.6. The highest BCUT2D eigenvalue weighted by Crippen LogP contribution is 2.25. The van der Waals surface area contributed by atoms with E-state index in [0.29, 0.717) is 0 Å². The Morgan fingerprint density at radius 3 is 0.904 bits per heavy atom. The summed E-state index contributed by atoms with van der Waals surface area (Å²) in [6, 6.07) is 13.8. The van der Waals surface area contributed by atoms with Crippen LogP contribution >= 0.6 is 0 Å². The van der Waals surface area contributed by atoms with Crippen LogP contribution in [0.25, 0.3) is 0 Å². The van der Waals surface area contributed by atoms with Gasteiger partial charge >= 0.3 is 0 Å². The maximum Gasteiger partial charge on any atom is 0.0636 e. The fourth-order valence-corrected chi connectivity index (χ4v) is 7.82. The van der Waals surface area contributed by atoms with Crippen molar-refractivity contribution in [1.29, 1.82) is 0 Å². The number of aryl methyl sites for hydroxylation is 4. The van der Waals surface area contributed by atoms with Gasteiger partial charge in [-0.05, 0) is 97.9 Å². The van der Waals surface area contributed by atoms with Crippen molar-refractivity contribution in [2.75, 3.05) is 0 Å². The van der Waals surface area contributed by atoms with Crippen LogP contribution in [-0.4, -0.2) is 11.4 Å². The van der Waals surface area contributed by atoms with Gasteiger partial charge in [-0.25, -0.2) is 0 Å². The molecule has 0 bridgehead atoms. The SMILES string of the molecule is CCCCCCCCCCCCCCCCCCCCCCCC(=Nc1ccc(CC)c(CC)c1)C(CCCCC)=Nc1ccc(CC)c(CC)c1. The van der Waals surface area contributed by atoms with E-state index in [2.05, 4.69) is 77.9 Å². The van der Waals surface area contributed by atoms with Crippen LogP contribution in [0.15, 0.2) is 46.4 Å². The molecule has 0 spiro atoms. The minimum Gasteiger partial charge on any atom is -0.252 e. The van der Waals surface area contributed by atoms with Crippen LogP contribution < -0.4 is 0 Å². The number of rotatable bonds is 33. The van der Waals surface area contributed by atoms with Gasteiger partial charge in [0.05, 0.1) is 22.8 Å². The zero-order valence-electron chi connectivity index (χ0n) is 35.6. The Morgan fingerprint density at radius 1 is 0.327 bits per heavy atom. The molecule has 0 aliphatic rings. The lowest BCUT2D eigenvalue weighted by Crippen LogP contribution is -2.14. The minimum absolute atomic E-state index is 1.01. The largest absolute Gasteiger partial charge is 0.252 e. The third kappa shape index (κ3) is 20.3. The number of hydrogen-bond acceptors (Lipinski definition) is 2. The smallest absolute Gasteiger partial charge is 0.0636 e. The van der Waals surface area contributed by atoms with Crippen LogP contribution in [0, 0.1) is 0 Å². The van der Waals surface area contributed by atoms with Crippen molar-refractivity contribution in [3.05, 3.63) is 58.7 Å². The highest BCUT2D eigenvalue weighted by Gasteiger charge is 2.13. The monoisotopic (exact) mass is 713 g/mol. The molecule has 0 radical (unpaired) electrons. The van der Waals surface area contributed by atoms with Gasteiger partial charge in [0, 0.05) is 0 Å². The Morgan fingerprint density at radius 2 is 0.596 bits per heavy atom. The summed E-state index contributed by atoms with van der Waals surface area (Å²) in [5.74, 6) is 0. The van der Waals surface area contributed by atoms with Crippen LogP contribution in [0.5, 0.6) is 0 Å². The Hall–Kier alpha value is -2.22. The molecule has 0 atom stereocenters. The average Bonchev–Trinajstić information content (AvgIpc) is 3.17. The molecule has 0 fully saturated rings. The first-order valence-corrected chi connectivity index (χ1v) is 23.0. The predicted molar refractivity (Wildman–Crippen MR) is 236 cm³/mol. The predicted octanol–water partition coefficient (Wildman–Crippen LogP) is 17.0. The van der Waals surface area contributed by atoms with Crippen molar-refractivity contribution in [2.24, 2.45) is 9.98 Å². The minimum atomic E-state index is 1.01. The Kier molecular flexibility index (Phi) is 27.5. The summed E-state index contributed by atoms with van der Waals surface area (Å²) in [6.07, 6.45) is 39.7. The molecular formula is C50H84N2. The number of nitrogens with zero attached hydrogens (tertiary/aromatic N) is 2. The number of benzene rings is 2. The summed E-state index contributed by atoms with van der Waals surface area (Å²) in [4.78, 5) is 10.8. The highest BCUT2D eigenvalue weighted by atomic mass is 14.8. The van der Waals surface area contributed by atoms with Crippen LogP contribution in [-0.2, 0) is 25.7 Å². The molecule has 0 heterocycles. The molecule has 0 saturated heterocycles. The summed E-state index contributed by atoms with van der Waals surface area (Å²) in [5.41, 5.74) is 10.4. The lowest BCUT2D eigenvalue weighted by Gasteiger charge is -2.14. The van der Waals surface area contributed by atoms with Crippen LogP contribution in [0.4, 0.5) is 11.4 Å². The molecule has 0 aromatic heterocycles. The fourth-order valence-electron chi connectivity index (χ4n) is 7.82. The number of unbranched alkanes of at least 4 members (excludes halogenated alkanes) is 22. The summed E-state index contributed by atoms with van der Waals surface area (Å²) >= 11 is 0. The van der Waals surface area contributed by atoms with Crippen LogP contribution in [0.2, 0.25) is 0 Å². The first-order valence-electron chi connectivity index (χ1n) is 23.0. The lowest BCUT2D eigenvalue weighted by molar-refractivity contribution is 0.521. The number of aliphatic imine (C=N–C) groups is 2. The normalized spacial score (nSPS) is 12.3. The van der Waals surface area contributed by atoms with Crippen molar-refractivity contribution in [1.82, 2.24) is 0 Å². The van der Waals surface area contributed by atoms with E-state index in [-0.39, 0.29) is 0 Å². The molecular weight excluding hydrogens is 629 g/mol. The molecule has 0 aliphatic carbocycles. The standard InChI is InChI=1S/C50H84N2/c1-7-13-15-16-17-18-19-20-21-22-23-24-25-26-27-28-29-30-31-32-34-36-50(52-48-40-38-44(10-4)46(12-6)42-48)49(35-33-14-8-2)51-47-39-37-43(9-3)45(11-5)41-47/h37-42H,7-36H2,1-6H3. The molecule has 0 N–H and O–H groups in total. The number of hydrogen-bond donors (Lipinski definition) is 0. The molecule has 2 aromatic carbocycles. The van der Waals surface area contributed by atoms with Gasteiger partial charge < -0.3 is 0 Å². The van der Waals surface area contributed by atoms with Gasteiger partial charge in [0.15, 0.2) is 0 Å². The van der Waals surface area contributed by atoms with E-state index in [4.69, 9.17) is 9.98 Å². The van der Waals surface area contributed by atoms with Gasteiger partial charge in [-0.1, -0.05) is 195 Å². The molecule has 0 saturated carbocycles. The first-order chi connectivity index (χ1) is 25.6. The van der Waals surface area contributed by atoms with Crippen molar-refractivity contribution in [3.8, 4) is 0 Å². The summed E-state index contributed by atoms with van der Waals surface area (Å²) in [5, 5.41) is 0. The van der Waals surface area contributed by atoms with Crippen LogP contribution in [0.1, 0.15) is 231 Å². The second kappa shape index (κ2) is 31.2. The Labute approximate surface area is 324 Å². The lowest BCUT2D eigenvalue weighted by atomic mass is 9.99. The van der Waals surface area contributed by atoms with Gasteiger partial charge in [-0.3, -0.25) is 9.98 Å². The van der Waals surface area contributed by atoms with E-state index < -0.39 is 0 Å². The average molecular weight is 713 g/mol. The van der Waals surface area contributed by atoms with Gasteiger partial charge in [0.2, 0.25) is 0 Å². The van der Waals surface area contributed by atoms with Crippen molar-refractivity contribution < 1.29 is 0 Å². The van der Waals surface area contributed by atoms with E-state index in [0.717, 1.165) is 49.9 Å². The van der Waals surface area contributed by atoms with Gasteiger partial charge in [0.25, 0.3) is 0 Å². The van der Waals surface area contributed by atoms with Gasteiger partial charge in [-0.2, -0.15) is 0 Å². The maximum atomic E-state index is 5.40. The van der Waals surface area contributed by atoms with Gasteiger partial charge in [-0.15, -0.1) is 0 Å². The highest BCUT2D eigenvalue weighted by molar-refractivity contribution is 6.43. The molecule has 294 valence electrons.